The quantitative estimate of drug-likeness (QED) is 0.909. The number of sulfone groups is 1. The van der Waals surface area contributed by atoms with Crippen molar-refractivity contribution >= 4 is 21.4 Å². The molecule has 9 heteroatoms. The number of carbonyl (C=O) groups excluding carboxylic acids is 1. The number of amides is 1. The number of hydrogen-bond acceptors (Lipinski definition) is 4. The molecule has 0 aliphatic carbocycles. The van der Waals surface area contributed by atoms with Crippen molar-refractivity contribution in [3.8, 4) is 0 Å². The largest absolute Gasteiger partial charge is 0.501 e. The normalized spacial score (nSPS) is 19.8. The summed E-state index contributed by atoms with van der Waals surface area (Å²) in [5, 5.41) is 0. The van der Waals surface area contributed by atoms with Crippen molar-refractivity contribution in [3.63, 3.8) is 0 Å². The van der Waals surface area contributed by atoms with E-state index in [1.165, 1.54) is 12.1 Å². The van der Waals surface area contributed by atoms with E-state index in [0.717, 1.165) is 12.1 Å². The Bertz CT molecular complexity index is 641. The summed E-state index contributed by atoms with van der Waals surface area (Å²) in [7, 11) is -5.33. The Hall–Kier alpha value is -1.77. The topological polar surface area (TPSA) is 80.5 Å². The summed E-state index contributed by atoms with van der Waals surface area (Å²) in [6.07, 6.45) is 0.567. The zero-order chi connectivity index (χ0) is 15.8. The molecule has 5 nitrogen and oxygen atoms in total. The monoisotopic (exact) mass is 322 g/mol. The van der Waals surface area contributed by atoms with Gasteiger partial charge in [0, 0.05) is 18.8 Å². The average molecular weight is 322 g/mol. The maximum Gasteiger partial charge on any atom is 0.501 e. The molecule has 2 rings (SSSR count). The molecule has 0 spiro atoms. The third kappa shape index (κ3) is 2.97. The van der Waals surface area contributed by atoms with E-state index in [-0.39, 0.29) is 5.92 Å². The molecule has 116 valence electrons. The highest BCUT2D eigenvalue weighted by Crippen LogP contribution is 2.32. The minimum Gasteiger partial charge on any atom is -0.371 e. The molecule has 1 heterocycles. The molecular formula is C12H13F3N2O3S. The molecule has 1 aliphatic rings. The standard InChI is InChI=1S/C12H13F3N2O3S/c13-12(14,15)21(19,20)10-3-1-9(2-4-10)17-6-5-8(7-17)11(16)18/h1-4,8H,5-7H2,(H2,16,18). The molecule has 1 atom stereocenters. The Morgan fingerprint density at radius 3 is 2.24 bits per heavy atom. The van der Waals surface area contributed by atoms with E-state index < -0.39 is 26.1 Å². The maximum atomic E-state index is 12.4. The summed E-state index contributed by atoms with van der Waals surface area (Å²) in [4.78, 5) is 12.0. The lowest BCUT2D eigenvalue weighted by molar-refractivity contribution is -0.121. The molecule has 0 saturated carbocycles. The SMILES string of the molecule is NC(=O)C1CCN(c2ccc(S(=O)(=O)C(F)(F)F)cc2)C1. The Balaban J connectivity index is 2.19. The second-order valence-corrected chi connectivity index (χ2v) is 6.72. The van der Waals surface area contributed by atoms with Crippen LogP contribution in [0, 0.1) is 5.92 Å². The third-order valence-electron chi connectivity index (χ3n) is 3.41. The van der Waals surface area contributed by atoms with Crippen LogP contribution in [0.3, 0.4) is 0 Å². The zero-order valence-electron chi connectivity index (χ0n) is 10.8. The predicted molar refractivity (Wildman–Crippen MR) is 69.2 cm³/mol. The van der Waals surface area contributed by atoms with Crippen LogP contribution in [0.15, 0.2) is 29.2 Å². The summed E-state index contributed by atoms with van der Waals surface area (Å²) in [5.41, 5.74) is 0.432. The van der Waals surface area contributed by atoms with Gasteiger partial charge in [0.05, 0.1) is 10.8 Å². The Kier molecular flexibility index (Phi) is 3.87. The molecule has 1 aromatic carbocycles. The van der Waals surface area contributed by atoms with Gasteiger partial charge < -0.3 is 10.6 Å². The summed E-state index contributed by atoms with van der Waals surface area (Å²) in [6, 6.07) is 4.41. The van der Waals surface area contributed by atoms with Crippen LogP contribution in [-0.2, 0) is 14.6 Å². The van der Waals surface area contributed by atoms with Gasteiger partial charge in [-0.05, 0) is 30.7 Å². The van der Waals surface area contributed by atoms with Gasteiger partial charge in [0.25, 0.3) is 9.84 Å². The highest BCUT2D eigenvalue weighted by Gasteiger charge is 2.46. The summed E-state index contributed by atoms with van der Waals surface area (Å²) in [5.74, 6) is -0.725. The predicted octanol–water partition coefficient (Wildman–Crippen LogP) is 1.29. The van der Waals surface area contributed by atoms with E-state index in [0.29, 0.717) is 25.2 Å². The molecule has 0 radical (unpaired) electrons. The van der Waals surface area contributed by atoms with E-state index >= 15 is 0 Å². The number of benzene rings is 1. The number of rotatable bonds is 3. The van der Waals surface area contributed by atoms with Crippen molar-refractivity contribution in [3.05, 3.63) is 24.3 Å². The van der Waals surface area contributed by atoms with Crippen molar-refractivity contribution in [1.29, 1.82) is 0 Å². The van der Waals surface area contributed by atoms with E-state index in [4.69, 9.17) is 5.73 Å². The maximum absolute atomic E-state index is 12.4. The van der Waals surface area contributed by atoms with E-state index in [1.807, 2.05) is 0 Å². The van der Waals surface area contributed by atoms with Gasteiger partial charge in [-0.1, -0.05) is 0 Å². The molecular weight excluding hydrogens is 309 g/mol. The molecule has 1 unspecified atom stereocenters. The van der Waals surface area contributed by atoms with Crippen LogP contribution in [0.5, 0.6) is 0 Å². The molecule has 1 amide bonds. The second kappa shape index (κ2) is 5.21. The number of alkyl halides is 3. The Morgan fingerprint density at radius 2 is 1.81 bits per heavy atom. The van der Waals surface area contributed by atoms with Gasteiger partial charge in [-0.2, -0.15) is 13.2 Å². The number of hydrogen-bond donors (Lipinski definition) is 1. The Labute approximate surface area is 119 Å². The lowest BCUT2D eigenvalue weighted by Crippen LogP contribution is -2.27. The van der Waals surface area contributed by atoms with Crippen molar-refractivity contribution in [2.45, 2.75) is 16.8 Å². The number of nitrogens with two attached hydrogens (primary N) is 1. The first kappa shape index (κ1) is 15.6. The molecule has 2 N–H and O–H groups in total. The fourth-order valence-corrected chi connectivity index (χ4v) is 2.96. The van der Waals surface area contributed by atoms with E-state index in [1.54, 1.807) is 4.90 Å². The minimum atomic E-state index is -5.33. The van der Waals surface area contributed by atoms with Crippen LogP contribution in [-0.4, -0.2) is 32.9 Å². The van der Waals surface area contributed by atoms with Crippen molar-refractivity contribution in [1.82, 2.24) is 0 Å². The molecule has 1 aromatic rings. The first-order valence-corrected chi connectivity index (χ1v) is 7.57. The zero-order valence-corrected chi connectivity index (χ0v) is 11.6. The fraction of sp³-hybridized carbons (Fsp3) is 0.417. The number of primary amides is 1. The van der Waals surface area contributed by atoms with Crippen LogP contribution in [0.2, 0.25) is 0 Å². The average Bonchev–Trinajstić information content (AvgIpc) is 2.87. The van der Waals surface area contributed by atoms with Crippen LogP contribution in [0.4, 0.5) is 18.9 Å². The van der Waals surface area contributed by atoms with Crippen LogP contribution in [0.1, 0.15) is 6.42 Å². The van der Waals surface area contributed by atoms with Gasteiger partial charge in [0.2, 0.25) is 5.91 Å². The summed E-state index contributed by atoms with van der Waals surface area (Å²) >= 11 is 0. The van der Waals surface area contributed by atoms with Gasteiger partial charge in [-0.25, -0.2) is 8.42 Å². The second-order valence-electron chi connectivity index (χ2n) is 4.78. The van der Waals surface area contributed by atoms with E-state index in [2.05, 4.69) is 0 Å². The molecule has 0 bridgehead atoms. The molecule has 0 aromatic heterocycles. The number of nitrogens with zero attached hydrogens (tertiary/aromatic N) is 1. The highest BCUT2D eigenvalue weighted by molar-refractivity contribution is 7.92. The van der Waals surface area contributed by atoms with Gasteiger partial charge in [0.1, 0.15) is 0 Å². The fourth-order valence-electron chi connectivity index (χ4n) is 2.20. The number of anilines is 1. The lowest BCUT2D eigenvalue weighted by Gasteiger charge is -2.18. The van der Waals surface area contributed by atoms with Gasteiger partial charge in [-0.15, -0.1) is 0 Å². The van der Waals surface area contributed by atoms with Crippen molar-refractivity contribution in [2.75, 3.05) is 18.0 Å². The van der Waals surface area contributed by atoms with E-state index in [9.17, 15) is 26.4 Å². The third-order valence-corrected chi connectivity index (χ3v) is 4.91. The van der Waals surface area contributed by atoms with Gasteiger partial charge in [-0.3, -0.25) is 4.79 Å². The molecule has 1 saturated heterocycles. The summed E-state index contributed by atoms with van der Waals surface area (Å²) in [6.45, 7) is 0.916. The number of halogens is 3. The highest BCUT2D eigenvalue weighted by atomic mass is 32.2. The van der Waals surface area contributed by atoms with Crippen LogP contribution < -0.4 is 10.6 Å². The molecule has 1 fully saturated rings. The molecule has 21 heavy (non-hydrogen) atoms. The summed E-state index contributed by atoms with van der Waals surface area (Å²) < 4.78 is 59.7. The van der Waals surface area contributed by atoms with Crippen LogP contribution >= 0.6 is 0 Å². The van der Waals surface area contributed by atoms with Gasteiger partial charge >= 0.3 is 5.51 Å². The van der Waals surface area contributed by atoms with Crippen LogP contribution in [0.25, 0.3) is 0 Å². The first-order valence-electron chi connectivity index (χ1n) is 6.08. The van der Waals surface area contributed by atoms with Crippen molar-refractivity contribution < 1.29 is 26.4 Å². The molecule has 1 aliphatic heterocycles. The van der Waals surface area contributed by atoms with Gasteiger partial charge in [0.15, 0.2) is 0 Å². The minimum absolute atomic E-state index is 0.302. The first-order chi connectivity index (χ1) is 9.63. The smallest absolute Gasteiger partial charge is 0.371 e. The number of carbonyl (C=O) groups is 1. The lowest BCUT2D eigenvalue weighted by atomic mass is 10.1. The Morgan fingerprint density at radius 1 is 1.24 bits per heavy atom. The van der Waals surface area contributed by atoms with Crippen molar-refractivity contribution in [2.24, 2.45) is 11.7 Å².